The molecule has 1 atom stereocenters. The van der Waals surface area contributed by atoms with Gasteiger partial charge in [0.1, 0.15) is 11.9 Å². The standard InChI is InChI=1S/C27H25NO/c1-4-21(11-12-22-17-20-15-18(2)10-14-27(20)29-22)28-25-8-6-5-7-23(25)24-16-19(3)9-13-26(24)28/h4-16,22H,17H2,1-3H3/b12-11-,21-4+. The lowest BCUT2D eigenvalue weighted by Gasteiger charge is -2.10. The molecular weight excluding hydrogens is 354 g/mol. The van der Waals surface area contributed by atoms with Gasteiger partial charge in [-0.2, -0.15) is 0 Å². The maximum absolute atomic E-state index is 6.14. The largest absolute Gasteiger partial charge is 0.486 e. The monoisotopic (exact) mass is 379 g/mol. The lowest BCUT2D eigenvalue weighted by molar-refractivity contribution is 0.283. The molecule has 1 aliphatic heterocycles. The highest BCUT2D eigenvalue weighted by Crippen LogP contribution is 2.34. The third-order valence-corrected chi connectivity index (χ3v) is 5.78. The summed E-state index contributed by atoms with van der Waals surface area (Å²) in [5.74, 6) is 1.01. The number of allylic oxidation sites excluding steroid dienone is 3. The molecule has 1 aliphatic rings. The van der Waals surface area contributed by atoms with Gasteiger partial charge >= 0.3 is 0 Å². The summed E-state index contributed by atoms with van der Waals surface area (Å²) in [5.41, 5.74) is 7.50. The van der Waals surface area contributed by atoms with Gasteiger partial charge in [0.05, 0.1) is 11.0 Å². The molecule has 0 aliphatic carbocycles. The summed E-state index contributed by atoms with van der Waals surface area (Å²) in [6.07, 6.45) is 7.58. The quantitative estimate of drug-likeness (QED) is 0.356. The predicted molar refractivity (Wildman–Crippen MR) is 123 cm³/mol. The van der Waals surface area contributed by atoms with E-state index in [1.807, 2.05) is 0 Å². The summed E-state index contributed by atoms with van der Waals surface area (Å²) in [5, 5.41) is 2.59. The van der Waals surface area contributed by atoms with Crippen molar-refractivity contribution in [3.63, 3.8) is 0 Å². The number of benzene rings is 3. The molecule has 144 valence electrons. The van der Waals surface area contributed by atoms with Crippen LogP contribution in [-0.2, 0) is 6.42 Å². The van der Waals surface area contributed by atoms with Gasteiger partial charge in [-0.05, 0) is 62.8 Å². The molecule has 2 heteroatoms. The van der Waals surface area contributed by atoms with Gasteiger partial charge in [0.15, 0.2) is 0 Å². The Morgan fingerprint density at radius 2 is 1.69 bits per heavy atom. The zero-order chi connectivity index (χ0) is 20.0. The first-order valence-electron chi connectivity index (χ1n) is 10.2. The highest BCUT2D eigenvalue weighted by molar-refractivity contribution is 6.10. The van der Waals surface area contributed by atoms with Crippen molar-refractivity contribution in [3.8, 4) is 5.75 Å². The highest BCUT2D eigenvalue weighted by atomic mass is 16.5. The minimum atomic E-state index is 0.0806. The summed E-state index contributed by atoms with van der Waals surface area (Å²) in [6, 6.07) is 21.8. The van der Waals surface area contributed by atoms with Gasteiger partial charge in [0, 0.05) is 22.9 Å². The summed E-state index contributed by atoms with van der Waals surface area (Å²) in [6.45, 7) is 6.38. The van der Waals surface area contributed by atoms with Crippen LogP contribution in [0.1, 0.15) is 23.6 Å². The molecule has 2 heterocycles. The second-order valence-electron chi connectivity index (χ2n) is 7.92. The Labute approximate surface area is 171 Å². The van der Waals surface area contributed by atoms with Crippen LogP contribution in [0.25, 0.3) is 27.5 Å². The average Bonchev–Trinajstić information content (AvgIpc) is 3.27. The summed E-state index contributed by atoms with van der Waals surface area (Å²) < 4.78 is 8.50. The molecule has 0 radical (unpaired) electrons. The summed E-state index contributed by atoms with van der Waals surface area (Å²) in [7, 11) is 0. The molecule has 1 unspecified atom stereocenters. The van der Waals surface area contributed by atoms with Crippen LogP contribution in [-0.4, -0.2) is 10.7 Å². The fraction of sp³-hybridized carbons (Fsp3) is 0.185. The SMILES string of the molecule is C/C=C(\C=C/C1Cc2cc(C)ccc2O1)n1c2ccccc2c2cc(C)ccc21. The summed E-state index contributed by atoms with van der Waals surface area (Å²) in [4.78, 5) is 0. The Balaban J connectivity index is 1.54. The van der Waals surface area contributed by atoms with E-state index >= 15 is 0 Å². The van der Waals surface area contributed by atoms with E-state index in [0.717, 1.165) is 17.9 Å². The Morgan fingerprint density at radius 3 is 2.55 bits per heavy atom. The van der Waals surface area contributed by atoms with E-state index in [2.05, 4.69) is 104 Å². The van der Waals surface area contributed by atoms with Gasteiger partial charge in [-0.3, -0.25) is 0 Å². The molecule has 2 nitrogen and oxygen atoms in total. The molecule has 0 saturated heterocycles. The van der Waals surface area contributed by atoms with Crippen molar-refractivity contribution in [1.29, 1.82) is 0 Å². The fourth-order valence-electron chi connectivity index (χ4n) is 4.38. The van der Waals surface area contributed by atoms with Crippen molar-refractivity contribution in [2.45, 2.75) is 33.3 Å². The van der Waals surface area contributed by atoms with E-state index in [0.29, 0.717) is 0 Å². The lowest BCUT2D eigenvalue weighted by atomic mass is 10.1. The first-order chi connectivity index (χ1) is 14.1. The molecule has 0 spiro atoms. The van der Waals surface area contributed by atoms with E-state index in [1.165, 1.54) is 38.5 Å². The molecule has 0 amide bonds. The van der Waals surface area contributed by atoms with Crippen LogP contribution >= 0.6 is 0 Å². The number of hydrogen-bond donors (Lipinski definition) is 0. The van der Waals surface area contributed by atoms with Gasteiger partial charge in [-0.1, -0.05) is 53.6 Å². The Kier molecular flexibility index (Phi) is 4.28. The number of fused-ring (bicyclic) bond motifs is 4. The van der Waals surface area contributed by atoms with Gasteiger partial charge in [-0.15, -0.1) is 0 Å². The number of rotatable bonds is 3. The first-order valence-corrected chi connectivity index (χ1v) is 10.2. The molecule has 0 N–H and O–H groups in total. The Hall–Kier alpha value is -3.26. The summed E-state index contributed by atoms with van der Waals surface area (Å²) >= 11 is 0. The lowest BCUT2D eigenvalue weighted by Crippen LogP contribution is -2.09. The van der Waals surface area contributed by atoms with E-state index < -0.39 is 0 Å². The van der Waals surface area contributed by atoms with Crippen LogP contribution in [0.3, 0.4) is 0 Å². The van der Waals surface area contributed by atoms with Crippen molar-refractivity contribution in [2.24, 2.45) is 0 Å². The average molecular weight is 380 g/mol. The van der Waals surface area contributed by atoms with Crippen molar-refractivity contribution < 1.29 is 4.74 Å². The molecule has 1 aromatic heterocycles. The molecule has 4 aromatic rings. The van der Waals surface area contributed by atoms with Crippen molar-refractivity contribution in [2.75, 3.05) is 0 Å². The molecule has 3 aromatic carbocycles. The molecule has 5 rings (SSSR count). The van der Waals surface area contributed by atoms with Gasteiger partial charge in [-0.25, -0.2) is 0 Å². The first kappa shape index (κ1) is 17.8. The zero-order valence-electron chi connectivity index (χ0n) is 17.1. The van der Waals surface area contributed by atoms with E-state index in [-0.39, 0.29) is 6.10 Å². The number of aromatic nitrogens is 1. The van der Waals surface area contributed by atoms with Crippen LogP contribution in [0, 0.1) is 13.8 Å². The highest BCUT2D eigenvalue weighted by Gasteiger charge is 2.20. The van der Waals surface area contributed by atoms with Crippen LogP contribution in [0.2, 0.25) is 0 Å². The molecule has 0 fully saturated rings. The minimum absolute atomic E-state index is 0.0806. The molecule has 29 heavy (non-hydrogen) atoms. The number of nitrogens with zero attached hydrogens (tertiary/aromatic N) is 1. The van der Waals surface area contributed by atoms with Crippen LogP contribution in [0.4, 0.5) is 0 Å². The maximum atomic E-state index is 6.14. The van der Waals surface area contributed by atoms with Gasteiger partial charge in [0.25, 0.3) is 0 Å². The van der Waals surface area contributed by atoms with Crippen molar-refractivity contribution >= 4 is 27.5 Å². The molecule has 0 saturated carbocycles. The van der Waals surface area contributed by atoms with E-state index in [4.69, 9.17) is 4.74 Å². The smallest absolute Gasteiger partial charge is 0.123 e. The van der Waals surface area contributed by atoms with Gasteiger partial charge < -0.3 is 9.30 Å². The number of hydrogen-bond acceptors (Lipinski definition) is 1. The third-order valence-electron chi connectivity index (χ3n) is 5.78. The van der Waals surface area contributed by atoms with E-state index in [9.17, 15) is 0 Å². The topological polar surface area (TPSA) is 14.2 Å². The molecular formula is C27H25NO. The number of ether oxygens (including phenoxy) is 1. The zero-order valence-corrected chi connectivity index (χ0v) is 17.1. The second kappa shape index (κ2) is 6.97. The maximum Gasteiger partial charge on any atom is 0.123 e. The normalized spacial score (nSPS) is 16.7. The van der Waals surface area contributed by atoms with Crippen LogP contribution in [0.15, 0.2) is 78.9 Å². The van der Waals surface area contributed by atoms with Crippen molar-refractivity contribution in [3.05, 3.63) is 95.6 Å². The van der Waals surface area contributed by atoms with Crippen LogP contribution < -0.4 is 4.74 Å². The Morgan fingerprint density at radius 1 is 0.931 bits per heavy atom. The van der Waals surface area contributed by atoms with Crippen molar-refractivity contribution in [1.82, 2.24) is 4.57 Å². The number of para-hydroxylation sites is 1. The predicted octanol–water partition coefficient (Wildman–Crippen LogP) is 6.83. The Bertz CT molecular complexity index is 1290. The fourth-order valence-corrected chi connectivity index (χ4v) is 4.38. The second-order valence-corrected chi connectivity index (χ2v) is 7.92. The van der Waals surface area contributed by atoms with E-state index in [1.54, 1.807) is 0 Å². The number of aryl methyl sites for hydroxylation is 2. The minimum Gasteiger partial charge on any atom is -0.486 e. The molecule has 0 bridgehead atoms. The third kappa shape index (κ3) is 3.05. The van der Waals surface area contributed by atoms with Crippen LogP contribution in [0.5, 0.6) is 5.75 Å². The van der Waals surface area contributed by atoms with Gasteiger partial charge in [0.2, 0.25) is 0 Å².